The van der Waals surface area contributed by atoms with Gasteiger partial charge in [0, 0.05) is 11.9 Å². The zero-order valence-corrected chi connectivity index (χ0v) is 11.4. The minimum absolute atomic E-state index is 0.0857. The first-order valence-corrected chi connectivity index (χ1v) is 6.47. The van der Waals surface area contributed by atoms with Crippen LogP contribution in [0.1, 0.15) is 25.3 Å². The predicted octanol–water partition coefficient (Wildman–Crippen LogP) is 2.18. The number of rotatable bonds is 4. The van der Waals surface area contributed by atoms with Crippen LogP contribution in [-0.2, 0) is 11.0 Å². The van der Waals surface area contributed by atoms with Crippen molar-refractivity contribution in [3.8, 4) is 0 Å². The molecule has 0 saturated heterocycles. The van der Waals surface area contributed by atoms with Crippen LogP contribution in [0.15, 0.2) is 23.4 Å². The second kappa shape index (κ2) is 5.80. The molecule has 1 atom stereocenters. The lowest BCUT2D eigenvalue weighted by Gasteiger charge is -2.14. The Bertz CT molecular complexity index is 554. The molecule has 0 spiro atoms. The summed E-state index contributed by atoms with van der Waals surface area (Å²) >= 11 is 0. The number of nitrogens with zero attached hydrogens (tertiary/aromatic N) is 3. The highest BCUT2D eigenvalue weighted by Gasteiger charge is 2.35. The first-order valence-electron chi connectivity index (χ1n) is 6.47. The molecule has 1 aliphatic rings. The fraction of sp³-hybridized carbons (Fsp3) is 0.462. The molecule has 114 valence electrons. The number of pyridine rings is 1. The van der Waals surface area contributed by atoms with E-state index in [4.69, 9.17) is 5.73 Å². The second-order valence-corrected chi connectivity index (χ2v) is 4.78. The number of halogens is 3. The summed E-state index contributed by atoms with van der Waals surface area (Å²) < 4.78 is 37.4. The SMILES string of the molecule is CC1=NN(c2ccc(C(F)(F)F)cn2)C(=O)C1CCCN. The Labute approximate surface area is 119 Å². The molecule has 0 bridgehead atoms. The van der Waals surface area contributed by atoms with E-state index in [0.29, 0.717) is 31.3 Å². The molecule has 8 heteroatoms. The van der Waals surface area contributed by atoms with E-state index < -0.39 is 11.7 Å². The minimum atomic E-state index is -4.45. The van der Waals surface area contributed by atoms with Crippen LogP contribution in [0.2, 0.25) is 0 Å². The highest BCUT2D eigenvalue weighted by atomic mass is 19.4. The third-order valence-corrected chi connectivity index (χ3v) is 3.26. The Morgan fingerprint density at radius 3 is 2.62 bits per heavy atom. The van der Waals surface area contributed by atoms with Gasteiger partial charge in [0.05, 0.1) is 11.5 Å². The van der Waals surface area contributed by atoms with Crippen LogP contribution in [0.3, 0.4) is 0 Å². The summed E-state index contributed by atoms with van der Waals surface area (Å²) in [7, 11) is 0. The van der Waals surface area contributed by atoms with Crippen molar-refractivity contribution in [3.63, 3.8) is 0 Å². The molecule has 0 aromatic carbocycles. The van der Waals surface area contributed by atoms with Gasteiger partial charge in [-0.3, -0.25) is 4.79 Å². The Kier molecular flexibility index (Phi) is 4.26. The standard InChI is InChI=1S/C13H15F3N4O/c1-8-10(3-2-6-17)12(21)20(19-8)11-5-4-9(7-18-11)13(14,15)16/h4-5,7,10H,2-3,6,17H2,1H3. The minimum Gasteiger partial charge on any atom is -0.330 e. The number of hydrazone groups is 1. The lowest BCUT2D eigenvalue weighted by molar-refractivity contribution is -0.137. The van der Waals surface area contributed by atoms with Gasteiger partial charge < -0.3 is 5.73 Å². The average Bonchev–Trinajstić information content (AvgIpc) is 2.71. The zero-order valence-electron chi connectivity index (χ0n) is 11.4. The van der Waals surface area contributed by atoms with E-state index in [9.17, 15) is 18.0 Å². The lowest BCUT2D eigenvalue weighted by atomic mass is 9.98. The molecule has 1 aromatic rings. The summed E-state index contributed by atoms with van der Waals surface area (Å²) in [6.45, 7) is 2.18. The summed E-state index contributed by atoms with van der Waals surface area (Å²) in [4.78, 5) is 15.9. The van der Waals surface area contributed by atoms with E-state index in [0.717, 1.165) is 17.1 Å². The second-order valence-electron chi connectivity index (χ2n) is 4.78. The van der Waals surface area contributed by atoms with Crippen molar-refractivity contribution in [1.29, 1.82) is 0 Å². The van der Waals surface area contributed by atoms with Crippen LogP contribution < -0.4 is 10.7 Å². The molecule has 0 radical (unpaired) electrons. The van der Waals surface area contributed by atoms with Crippen LogP contribution in [0.25, 0.3) is 0 Å². The zero-order chi connectivity index (χ0) is 15.6. The van der Waals surface area contributed by atoms with Crippen LogP contribution in [0.4, 0.5) is 19.0 Å². The topological polar surface area (TPSA) is 71.6 Å². The van der Waals surface area contributed by atoms with E-state index in [1.54, 1.807) is 6.92 Å². The van der Waals surface area contributed by atoms with E-state index in [1.165, 1.54) is 0 Å². The molecule has 1 aromatic heterocycles. The normalized spacial score (nSPS) is 19.1. The van der Waals surface area contributed by atoms with Crippen molar-refractivity contribution >= 4 is 17.4 Å². The van der Waals surface area contributed by atoms with Crippen LogP contribution in [0.5, 0.6) is 0 Å². The molecular weight excluding hydrogens is 285 g/mol. The number of alkyl halides is 3. The molecule has 0 aliphatic carbocycles. The van der Waals surface area contributed by atoms with E-state index in [2.05, 4.69) is 10.1 Å². The molecule has 1 aliphatic heterocycles. The van der Waals surface area contributed by atoms with E-state index >= 15 is 0 Å². The van der Waals surface area contributed by atoms with E-state index in [1.807, 2.05) is 0 Å². The van der Waals surface area contributed by atoms with Crippen molar-refractivity contribution in [2.24, 2.45) is 16.8 Å². The van der Waals surface area contributed by atoms with Gasteiger partial charge in [0.1, 0.15) is 0 Å². The first-order chi connectivity index (χ1) is 9.84. The number of nitrogens with two attached hydrogens (primary N) is 1. The summed E-state index contributed by atoms with van der Waals surface area (Å²) in [5.41, 5.74) is 5.17. The molecule has 1 unspecified atom stereocenters. The van der Waals surface area contributed by atoms with Gasteiger partial charge in [-0.15, -0.1) is 0 Å². The molecule has 2 N–H and O–H groups in total. The van der Waals surface area contributed by atoms with Gasteiger partial charge >= 0.3 is 6.18 Å². The highest BCUT2D eigenvalue weighted by molar-refractivity contribution is 6.14. The third kappa shape index (κ3) is 3.21. The van der Waals surface area contributed by atoms with Gasteiger partial charge in [-0.05, 0) is 38.4 Å². The summed E-state index contributed by atoms with van der Waals surface area (Å²) in [5, 5.41) is 5.13. The van der Waals surface area contributed by atoms with Crippen molar-refractivity contribution < 1.29 is 18.0 Å². The molecule has 0 fully saturated rings. The van der Waals surface area contributed by atoms with Gasteiger partial charge in [-0.1, -0.05) is 0 Å². The van der Waals surface area contributed by atoms with Crippen molar-refractivity contribution in [3.05, 3.63) is 23.9 Å². The molecule has 0 saturated carbocycles. The number of amides is 1. The molecule has 21 heavy (non-hydrogen) atoms. The quantitative estimate of drug-likeness (QED) is 0.926. The molecule has 2 rings (SSSR count). The maximum absolute atomic E-state index is 12.5. The Balaban J connectivity index is 2.18. The van der Waals surface area contributed by atoms with Crippen molar-refractivity contribution in [1.82, 2.24) is 4.98 Å². The summed E-state index contributed by atoms with van der Waals surface area (Å²) in [5.74, 6) is -0.576. The first kappa shape index (κ1) is 15.4. The number of anilines is 1. The van der Waals surface area contributed by atoms with Crippen LogP contribution in [0, 0.1) is 5.92 Å². The van der Waals surface area contributed by atoms with Gasteiger partial charge in [0.2, 0.25) is 0 Å². The van der Waals surface area contributed by atoms with Gasteiger partial charge in [-0.2, -0.15) is 23.3 Å². The summed E-state index contributed by atoms with van der Waals surface area (Å²) in [6.07, 6.45) is -2.51. The smallest absolute Gasteiger partial charge is 0.330 e. The molecule has 5 nitrogen and oxygen atoms in total. The third-order valence-electron chi connectivity index (χ3n) is 3.26. The molecular formula is C13H15F3N4O. The number of hydrogen-bond donors (Lipinski definition) is 1. The Morgan fingerprint density at radius 1 is 1.38 bits per heavy atom. The lowest BCUT2D eigenvalue weighted by Crippen LogP contribution is -2.28. The maximum Gasteiger partial charge on any atom is 0.417 e. The van der Waals surface area contributed by atoms with Gasteiger partial charge in [-0.25, -0.2) is 4.98 Å². The number of hydrogen-bond acceptors (Lipinski definition) is 4. The maximum atomic E-state index is 12.5. The van der Waals surface area contributed by atoms with E-state index in [-0.39, 0.29) is 17.6 Å². The van der Waals surface area contributed by atoms with Crippen LogP contribution >= 0.6 is 0 Å². The molecule has 2 heterocycles. The fourth-order valence-corrected chi connectivity index (χ4v) is 2.10. The molecule has 1 amide bonds. The van der Waals surface area contributed by atoms with Crippen LogP contribution in [-0.4, -0.2) is 23.1 Å². The fourth-order valence-electron chi connectivity index (χ4n) is 2.10. The monoisotopic (exact) mass is 300 g/mol. The number of carbonyl (C=O) groups is 1. The Morgan fingerprint density at radius 2 is 2.10 bits per heavy atom. The predicted molar refractivity (Wildman–Crippen MR) is 71.6 cm³/mol. The van der Waals surface area contributed by atoms with Crippen molar-refractivity contribution in [2.75, 3.05) is 11.6 Å². The number of aromatic nitrogens is 1. The highest BCUT2D eigenvalue weighted by Crippen LogP contribution is 2.30. The van der Waals surface area contributed by atoms with Crippen molar-refractivity contribution in [2.45, 2.75) is 25.9 Å². The number of carbonyl (C=O) groups excluding carboxylic acids is 1. The average molecular weight is 300 g/mol. The van der Waals surface area contributed by atoms with Gasteiger partial charge in [0.15, 0.2) is 5.82 Å². The van der Waals surface area contributed by atoms with Gasteiger partial charge in [0.25, 0.3) is 5.91 Å². The Hall–Kier alpha value is -1.96. The summed E-state index contributed by atoms with van der Waals surface area (Å²) in [6, 6.07) is 2.02. The largest absolute Gasteiger partial charge is 0.417 e.